The number of para-hydroxylation sites is 1. The van der Waals surface area contributed by atoms with Crippen molar-refractivity contribution in [3.63, 3.8) is 0 Å². The average Bonchev–Trinajstić information content (AvgIpc) is 3.11. The summed E-state index contributed by atoms with van der Waals surface area (Å²) in [5, 5.41) is 6.62. The van der Waals surface area contributed by atoms with E-state index in [2.05, 4.69) is 10.6 Å². The van der Waals surface area contributed by atoms with Gasteiger partial charge in [-0.15, -0.1) is 0 Å². The fraction of sp³-hybridized carbons (Fsp3) is 0.333. The number of hydrogen-bond acceptors (Lipinski definition) is 4. The lowest BCUT2D eigenvalue weighted by atomic mass is 9.91. The van der Waals surface area contributed by atoms with Crippen LogP contribution in [0.3, 0.4) is 0 Å². The van der Waals surface area contributed by atoms with Crippen molar-refractivity contribution < 1.29 is 14.0 Å². The zero-order valence-corrected chi connectivity index (χ0v) is 13.5. The molecule has 0 unspecified atom stereocenters. The van der Waals surface area contributed by atoms with Crippen molar-refractivity contribution in [2.24, 2.45) is 0 Å². The molecule has 0 bridgehead atoms. The Morgan fingerprint density at radius 2 is 2.00 bits per heavy atom. The first-order chi connectivity index (χ1) is 11.6. The standard InChI is InChI=1S/C18H19N3O3/c1-12-3-2-4-14-15(12)19-18(20-16(14)22)6-8-21(9-7-18)17(23)13-5-10-24-11-13/h2-5,10-11,19H,6-9H2,1H3,(H,20,22). The molecule has 6 heteroatoms. The predicted octanol–water partition coefficient (Wildman–Crippen LogP) is 2.38. The van der Waals surface area contributed by atoms with Crippen LogP contribution in [-0.2, 0) is 0 Å². The number of aryl methyl sites for hydroxylation is 1. The van der Waals surface area contributed by atoms with Gasteiger partial charge in [0.05, 0.1) is 23.1 Å². The smallest absolute Gasteiger partial charge is 0.257 e. The van der Waals surface area contributed by atoms with E-state index in [9.17, 15) is 9.59 Å². The summed E-state index contributed by atoms with van der Waals surface area (Å²) in [4.78, 5) is 26.7. The van der Waals surface area contributed by atoms with Crippen molar-refractivity contribution in [1.82, 2.24) is 10.2 Å². The van der Waals surface area contributed by atoms with E-state index >= 15 is 0 Å². The van der Waals surface area contributed by atoms with Crippen molar-refractivity contribution in [3.05, 3.63) is 53.5 Å². The third kappa shape index (κ3) is 2.35. The van der Waals surface area contributed by atoms with E-state index in [1.54, 1.807) is 11.0 Å². The lowest BCUT2D eigenvalue weighted by molar-refractivity contribution is 0.0639. The number of nitrogens with one attached hydrogen (secondary N) is 2. The summed E-state index contributed by atoms with van der Waals surface area (Å²) in [6, 6.07) is 7.39. The normalized spacial score (nSPS) is 18.7. The van der Waals surface area contributed by atoms with Gasteiger partial charge < -0.3 is 20.0 Å². The Hall–Kier alpha value is -2.76. The first-order valence-electron chi connectivity index (χ1n) is 8.10. The van der Waals surface area contributed by atoms with Gasteiger partial charge in [0.2, 0.25) is 0 Å². The third-order valence-electron chi connectivity index (χ3n) is 4.91. The Morgan fingerprint density at radius 1 is 1.21 bits per heavy atom. The van der Waals surface area contributed by atoms with Gasteiger partial charge in [-0.1, -0.05) is 12.1 Å². The molecular weight excluding hydrogens is 306 g/mol. The maximum Gasteiger partial charge on any atom is 0.257 e. The van der Waals surface area contributed by atoms with Gasteiger partial charge in [0.25, 0.3) is 11.8 Å². The SMILES string of the molecule is Cc1cccc2c1NC1(CCN(C(=O)c3ccoc3)CC1)NC2=O. The van der Waals surface area contributed by atoms with Crippen LogP contribution < -0.4 is 10.6 Å². The van der Waals surface area contributed by atoms with Gasteiger partial charge in [0.15, 0.2) is 0 Å². The van der Waals surface area contributed by atoms with Crippen LogP contribution in [0.15, 0.2) is 41.2 Å². The van der Waals surface area contributed by atoms with Crippen LogP contribution in [0.25, 0.3) is 0 Å². The number of benzene rings is 1. The summed E-state index contributed by atoms with van der Waals surface area (Å²) >= 11 is 0. The molecule has 1 fully saturated rings. The highest BCUT2D eigenvalue weighted by Crippen LogP contribution is 2.33. The molecule has 2 amide bonds. The molecule has 1 aromatic heterocycles. The lowest BCUT2D eigenvalue weighted by Gasteiger charge is -2.46. The van der Waals surface area contributed by atoms with E-state index in [-0.39, 0.29) is 11.8 Å². The van der Waals surface area contributed by atoms with Crippen LogP contribution in [0, 0.1) is 6.92 Å². The van der Waals surface area contributed by atoms with E-state index in [4.69, 9.17) is 4.42 Å². The average molecular weight is 325 g/mol. The number of carbonyl (C=O) groups is 2. The minimum absolute atomic E-state index is 0.0303. The third-order valence-corrected chi connectivity index (χ3v) is 4.91. The molecule has 4 rings (SSSR count). The molecule has 0 radical (unpaired) electrons. The quantitative estimate of drug-likeness (QED) is 0.844. The van der Waals surface area contributed by atoms with E-state index < -0.39 is 5.66 Å². The molecule has 1 aromatic carbocycles. The summed E-state index contributed by atoms with van der Waals surface area (Å²) in [7, 11) is 0. The Kier molecular flexibility index (Phi) is 3.33. The Bertz CT molecular complexity index is 790. The van der Waals surface area contributed by atoms with Gasteiger partial charge in [0, 0.05) is 25.9 Å². The highest BCUT2D eigenvalue weighted by molar-refractivity contribution is 6.03. The number of hydrogen-bond donors (Lipinski definition) is 2. The van der Waals surface area contributed by atoms with E-state index in [0.717, 1.165) is 11.3 Å². The topological polar surface area (TPSA) is 74.6 Å². The van der Waals surface area contributed by atoms with Crippen molar-refractivity contribution in [3.8, 4) is 0 Å². The van der Waals surface area contributed by atoms with E-state index in [1.807, 2.05) is 25.1 Å². The molecule has 0 aliphatic carbocycles. The van der Waals surface area contributed by atoms with Crippen LogP contribution in [0.2, 0.25) is 0 Å². The summed E-state index contributed by atoms with van der Waals surface area (Å²) in [6.45, 7) is 3.16. The van der Waals surface area contributed by atoms with Crippen LogP contribution >= 0.6 is 0 Å². The molecule has 3 heterocycles. The number of amides is 2. The zero-order chi connectivity index (χ0) is 16.7. The second kappa shape index (κ2) is 5.40. The van der Waals surface area contributed by atoms with Gasteiger partial charge in [-0.05, 0) is 24.6 Å². The van der Waals surface area contributed by atoms with Crippen LogP contribution in [0.5, 0.6) is 0 Å². The van der Waals surface area contributed by atoms with Gasteiger partial charge in [-0.3, -0.25) is 9.59 Å². The number of nitrogens with zero attached hydrogens (tertiary/aromatic N) is 1. The monoisotopic (exact) mass is 325 g/mol. The highest BCUT2D eigenvalue weighted by Gasteiger charge is 2.41. The summed E-state index contributed by atoms with van der Waals surface area (Å²) in [5.41, 5.74) is 2.71. The summed E-state index contributed by atoms with van der Waals surface area (Å²) < 4.78 is 4.99. The molecule has 2 aliphatic rings. The van der Waals surface area contributed by atoms with Gasteiger partial charge in [-0.2, -0.15) is 0 Å². The van der Waals surface area contributed by atoms with Crippen molar-refractivity contribution in [1.29, 1.82) is 0 Å². The first kappa shape index (κ1) is 14.8. The molecule has 1 saturated heterocycles. The maximum absolute atomic E-state index is 12.5. The second-order valence-electron chi connectivity index (χ2n) is 6.46. The number of piperidine rings is 1. The molecule has 1 spiro atoms. The van der Waals surface area contributed by atoms with Crippen molar-refractivity contribution in [2.45, 2.75) is 25.4 Å². The van der Waals surface area contributed by atoms with Gasteiger partial charge >= 0.3 is 0 Å². The number of fused-ring (bicyclic) bond motifs is 1. The van der Waals surface area contributed by atoms with Gasteiger partial charge in [0.1, 0.15) is 11.9 Å². The number of carbonyl (C=O) groups excluding carboxylic acids is 2. The van der Waals surface area contributed by atoms with Gasteiger partial charge in [-0.25, -0.2) is 0 Å². The van der Waals surface area contributed by atoms with Crippen molar-refractivity contribution in [2.75, 3.05) is 18.4 Å². The fourth-order valence-electron chi connectivity index (χ4n) is 3.49. The Balaban J connectivity index is 1.52. The van der Waals surface area contributed by atoms with Crippen molar-refractivity contribution >= 4 is 17.5 Å². The number of furan rings is 1. The van der Waals surface area contributed by atoms with Crippen LogP contribution in [0.4, 0.5) is 5.69 Å². The lowest BCUT2D eigenvalue weighted by Crippen LogP contribution is -2.62. The number of anilines is 1. The molecular formula is C18H19N3O3. The maximum atomic E-state index is 12.5. The van der Waals surface area contributed by atoms with Crippen LogP contribution in [0.1, 0.15) is 39.1 Å². The zero-order valence-electron chi connectivity index (χ0n) is 13.5. The summed E-state index contributed by atoms with van der Waals surface area (Å²) in [5.74, 6) is -0.0839. The Morgan fingerprint density at radius 3 is 2.71 bits per heavy atom. The molecule has 2 N–H and O–H groups in total. The second-order valence-corrected chi connectivity index (χ2v) is 6.46. The molecule has 2 aromatic rings. The van der Waals surface area contributed by atoms with E-state index in [0.29, 0.717) is 37.1 Å². The Labute approximate surface area is 139 Å². The van der Waals surface area contributed by atoms with E-state index in [1.165, 1.54) is 12.5 Å². The highest BCUT2D eigenvalue weighted by atomic mass is 16.3. The predicted molar refractivity (Wildman–Crippen MR) is 88.8 cm³/mol. The minimum Gasteiger partial charge on any atom is -0.472 e. The molecule has 2 aliphatic heterocycles. The minimum atomic E-state index is -0.483. The molecule has 0 atom stereocenters. The first-order valence-corrected chi connectivity index (χ1v) is 8.10. The summed E-state index contributed by atoms with van der Waals surface area (Å²) in [6.07, 6.45) is 4.29. The fourth-order valence-corrected chi connectivity index (χ4v) is 3.49. The molecule has 24 heavy (non-hydrogen) atoms. The molecule has 0 saturated carbocycles. The number of rotatable bonds is 1. The molecule has 6 nitrogen and oxygen atoms in total. The molecule has 124 valence electrons. The van der Waals surface area contributed by atoms with Crippen LogP contribution in [-0.4, -0.2) is 35.5 Å². The largest absolute Gasteiger partial charge is 0.472 e. The number of likely N-dealkylation sites (tertiary alicyclic amines) is 1.